The standard InChI is InChI=1S/C12H15NO2.CH4O3S/c1-9(2)13-12(15)8-5-10-3-6-11(14)7-4-10;1-5(2,3)4/h3-9,14H,1-2H3,(H,13,15);1H3,(H,2,3,4)/b8-5+;. The second-order valence-electron chi connectivity index (χ2n) is 4.32. The molecule has 0 radical (unpaired) electrons. The summed E-state index contributed by atoms with van der Waals surface area (Å²) in [5.74, 6) is 0.108. The third kappa shape index (κ3) is 12.6. The third-order valence-electron chi connectivity index (χ3n) is 1.75. The quantitative estimate of drug-likeness (QED) is 0.579. The van der Waals surface area contributed by atoms with Crippen molar-refractivity contribution < 1.29 is 22.9 Å². The molecule has 0 aliphatic rings. The Bertz CT molecular complexity index is 539. The van der Waals surface area contributed by atoms with Gasteiger partial charge in [0.25, 0.3) is 10.1 Å². The van der Waals surface area contributed by atoms with E-state index in [1.807, 2.05) is 13.8 Å². The molecule has 20 heavy (non-hydrogen) atoms. The van der Waals surface area contributed by atoms with E-state index < -0.39 is 10.1 Å². The summed E-state index contributed by atoms with van der Waals surface area (Å²) < 4.78 is 25.9. The van der Waals surface area contributed by atoms with E-state index in [2.05, 4.69) is 5.32 Å². The zero-order valence-electron chi connectivity index (χ0n) is 11.6. The van der Waals surface area contributed by atoms with Crippen LogP contribution in [0, 0.1) is 0 Å². The molecule has 0 saturated heterocycles. The predicted octanol–water partition coefficient (Wildman–Crippen LogP) is 1.43. The number of aromatic hydroxyl groups is 1. The SMILES string of the molecule is CC(C)NC(=O)/C=C/c1ccc(O)cc1.CS(=O)(=O)O. The zero-order chi connectivity index (χ0) is 15.8. The van der Waals surface area contributed by atoms with Crippen molar-refractivity contribution in [3.05, 3.63) is 35.9 Å². The molecule has 7 heteroatoms. The number of nitrogens with one attached hydrogen (secondary N) is 1. The van der Waals surface area contributed by atoms with Crippen LogP contribution in [0.3, 0.4) is 0 Å². The Morgan fingerprint density at radius 3 is 2.10 bits per heavy atom. The molecule has 0 aliphatic carbocycles. The molecule has 0 aliphatic heterocycles. The van der Waals surface area contributed by atoms with Crippen molar-refractivity contribution in [1.29, 1.82) is 0 Å². The number of rotatable bonds is 3. The minimum atomic E-state index is -3.67. The van der Waals surface area contributed by atoms with Crippen LogP contribution in [0.5, 0.6) is 5.75 Å². The summed E-state index contributed by atoms with van der Waals surface area (Å²) in [6.07, 6.45) is 3.90. The fraction of sp³-hybridized carbons (Fsp3) is 0.308. The fourth-order valence-corrected chi connectivity index (χ4v) is 1.09. The van der Waals surface area contributed by atoms with Gasteiger partial charge >= 0.3 is 0 Å². The van der Waals surface area contributed by atoms with Crippen LogP contribution in [0.25, 0.3) is 6.08 Å². The van der Waals surface area contributed by atoms with Gasteiger partial charge < -0.3 is 10.4 Å². The molecule has 1 aromatic carbocycles. The van der Waals surface area contributed by atoms with E-state index in [0.29, 0.717) is 6.26 Å². The first-order chi connectivity index (χ1) is 9.08. The van der Waals surface area contributed by atoms with Crippen LogP contribution in [0.2, 0.25) is 0 Å². The summed E-state index contributed by atoms with van der Waals surface area (Å²) in [5.41, 5.74) is 0.881. The largest absolute Gasteiger partial charge is 0.508 e. The van der Waals surface area contributed by atoms with Gasteiger partial charge in [0.05, 0.1) is 6.26 Å². The molecular weight excluding hydrogens is 282 g/mol. The first-order valence-corrected chi connectivity index (χ1v) is 7.63. The van der Waals surface area contributed by atoms with Gasteiger partial charge in [-0.25, -0.2) is 0 Å². The van der Waals surface area contributed by atoms with E-state index in [0.717, 1.165) is 5.56 Å². The lowest BCUT2D eigenvalue weighted by Crippen LogP contribution is -2.28. The molecule has 1 amide bonds. The van der Waals surface area contributed by atoms with Crippen molar-refractivity contribution >= 4 is 22.1 Å². The fourth-order valence-electron chi connectivity index (χ4n) is 1.09. The van der Waals surface area contributed by atoms with Crippen LogP contribution in [-0.4, -0.2) is 36.3 Å². The van der Waals surface area contributed by atoms with E-state index in [9.17, 15) is 13.2 Å². The van der Waals surface area contributed by atoms with Gasteiger partial charge in [0.2, 0.25) is 5.91 Å². The van der Waals surface area contributed by atoms with E-state index in [1.165, 1.54) is 6.08 Å². The topological polar surface area (TPSA) is 104 Å². The second kappa shape index (κ2) is 8.34. The van der Waals surface area contributed by atoms with Gasteiger partial charge in [-0.3, -0.25) is 9.35 Å². The predicted molar refractivity (Wildman–Crippen MR) is 77.9 cm³/mol. The Morgan fingerprint density at radius 2 is 1.70 bits per heavy atom. The molecule has 0 saturated carbocycles. The minimum Gasteiger partial charge on any atom is -0.508 e. The van der Waals surface area contributed by atoms with Gasteiger partial charge in [0, 0.05) is 12.1 Å². The summed E-state index contributed by atoms with van der Waals surface area (Å²) in [5, 5.41) is 11.8. The van der Waals surface area contributed by atoms with Gasteiger partial charge in [-0.05, 0) is 37.6 Å². The summed E-state index contributed by atoms with van der Waals surface area (Å²) in [6, 6.07) is 6.80. The van der Waals surface area contributed by atoms with Gasteiger partial charge in [-0.15, -0.1) is 0 Å². The Morgan fingerprint density at radius 1 is 1.25 bits per heavy atom. The van der Waals surface area contributed by atoms with Crippen LogP contribution in [0.15, 0.2) is 30.3 Å². The molecule has 0 bridgehead atoms. The summed E-state index contributed by atoms with van der Waals surface area (Å²) in [7, 11) is -3.67. The zero-order valence-corrected chi connectivity index (χ0v) is 12.4. The molecule has 112 valence electrons. The van der Waals surface area contributed by atoms with E-state index in [1.54, 1.807) is 30.3 Å². The maximum Gasteiger partial charge on any atom is 0.261 e. The Balaban J connectivity index is 0.000000621. The maximum absolute atomic E-state index is 11.2. The minimum absolute atomic E-state index is 0.113. The number of hydrogen-bond acceptors (Lipinski definition) is 4. The van der Waals surface area contributed by atoms with Crippen molar-refractivity contribution in [2.75, 3.05) is 6.26 Å². The van der Waals surface area contributed by atoms with Crippen molar-refractivity contribution in [3.63, 3.8) is 0 Å². The smallest absolute Gasteiger partial charge is 0.261 e. The molecule has 1 rings (SSSR count). The van der Waals surface area contributed by atoms with Gasteiger partial charge in [0.1, 0.15) is 5.75 Å². The van der Waals surface area contributed by atoms with Gasteiger partial charge in [-0.2, -0.15) is 8.42 Å². The first-order valence-electron chi connectivity index (χ1n) is 5.78. The second-order valence-corrected chi connectivity index (χ2v) is 5.79. The normalized spacial score (nSPS) is 11.1. The van der Waals surface area contributed by atoms with Gasteiger partial charge in [-0.1, -0.05) is 12.1 Å². The highest BCUT2D eigenvalue weighted by Crippen LogP contribution is 2.10. The number of amides is 1. The highest BCUT2D eigenvalue weighted by molar-refractivity contribution is 7.85. The number of benzene rings is 1. The van der Waals surface area contributed by atoms with Crippen LogP contribution >= 0.6 is 0 Å². The molecule has 0 atom stereocenters. The Labute approximate surface area is 118 Å². The van der Waals surface area contributed by atoms with Crippen LogP contribution in [0.4, 0.5) is 0 Å². The maximum atomic E-state index is 11.2. The number of carbonyl (C=O) groups excluding carboxylic acids is 1. The van der Waals surface area contributed by atoms with Gasteiger partial charge in [0.15, 0.2) is 0 Å². The van der Waals surface area contributed by atoms with E-state index in [4.69, 9.17) is 9.66 Å². The molecule has 0 heterocycles. The lowest BCUT2D eigenvalue weighted by atomic mass is 10.2. The van der Waals surface area contributed by atoms with Crippen LogP contribution < -0.4 is 5.32 Å². The summed E-state index contributed by atoms with van der Waals surface area (Å²) in [6.45, 7) is 3.82. The van der Waals surface area contributed by atoms with E-state index in [-0.39, 0.29) is 17.7 Å². The molecule has 6 nitrogen and oxygen atoms in total. The summed E-state index contributed by atoms with van der Waals surface area (Å²) >= 11 is 0. The number of phenols is 1. The molecule has 0 fully saturated rings. The average molecular weight is 301 g/mol. The van der Waals surface area contributed by atoms with Crippen molar-refractivity contribution in [2.24, 2.45) is 0 Å². The summed E-state index contributed by atoms with van der Waals surface area (Å²) in [4.78, 5) is 11.2. The monoisotopic (exact) mass is 301 g/mol. The Kier molecular flexibility index (Phi) is 7.56. The molecule has 3 N–H and O–H groups in total. The van der Waals surface area contributed by atoms with Crippen molar-refractivity contribution in [2.45, 2.75) is 19.9 Å². The number of carbonyl (C=O) groups is 1. The molecule has 0 aromatic heterocycles. The first kappa shape index (κ1) is 18.1. The Hall–Kier alpha value is -1.86. The molecule has 0 unspecified atom stereocenters. The lowest BCUT2D eigenvalue weighted by Gasteiger charge is -2.03. The number of hydrogen-bond donors (Lipinski definition) is 3. The molecule has 0 spiro atoms. The van der Waals surface area contributed by atoms with Crippen molar-refractivity contribution in [3.8, 4) is 5.75 Å². The highest BCUT2D eigenvalue weighted by atomic mass is 32.2. The van der Waals surface area contributed by atoms with Crippen LogP contribution in [-0.2, 0) is 14.9 Å². The number of phenolic OH excluding ortho intramolecular Hbond substituents is 1. The van der Waals surface area contributed by atoms with Crippen LogP contribution in [0.1, 0.15) is 19.4 Å². The third-order valence-corrected chi connectivity index (χ3v) is 1.75. The highest BCUT2D eigenvalue weighted by Gasteiger charge is 1.97. The molecular formula is C13H19NO5S. The lowest BCUT2D eigenvalue weighted by molar-refractivity contribution is -0.116. The average Bonchev–Trinajstić information content (AvgIpc) is 2.25. The molecule has 1 aromatic rings. The van der Waals surface area contributed by atoms with Crippen molar-refractivity contribution in [1.82, 2.24) is 5.32 Å². The van der Waals surface area contributed by atoms with E-state index >= 15 is 0 Å².